The van der Waals surface area contributed by atoms with Gasteiger partial charge in [0.05, 0.1) is 13.2 Å². The van der Waals surface area contributed by atoms with Crippen LogP contribution >= 0.6 is 0 Å². The molecular weight excluding hydrogens is 260 g/mol. The van der Waals surface area contributed by atoms with Gasteiger partial charge in [0.15, 0.2) is 0 Å². The van der Waals surface area contributed by atoms with Gasteiger partial charge in [-0.05, 0) is 25.2 Å². The maximum atomic E-state index is 9.03. The maximum absolute atomic E-state index is 9.03. The molecule has 1 saturated heterocycles. The second-order valence-corrected chi connectivity index (χ2v) is 5.11. The SMILES string of the molecule is COCCNCc1nnc(N2CCCC(CCO)C2)o1. The third kappa shape index (κ3) is 4.43. The van der Waals surface area contributed by atoms with Crippen LogP contribution in [0.5, 0.6) is 0 Å². The van der Waals surface area contributed by atoms with Crippen LogP contribution in [0.2, 0.25) is 0 Å². The molecule has 2 N–H and O–H groups in total. The highest BCUT2D eigenvalue weighted by molar-refractivity contribution is 5.25. The first-order chi connectivity index (χ1) is 9.83. The molecule has 0 spiro atoms. The van der Waals surface area contributed by atoms with E-state index in [9.17, 15) is 0 Å². The van der Waals surface area contributed by atoms with Gasteiger partial charge in [-0.25, -0.2) is 0 Å². The molecule has 2 heterocycles. The van der Waals surface area contributed by atoms with Crippen LogP contribution < -0.4 is 10.2 Å². The highest BCUT2D eigenvalue weighted by atomic mass is 16.5. The van der Waals surface area contributed by atoms with Crippen LogP contribution in [0.1, 0.15) is 25.2 Å². The number of piperidine rings is 1. The lowest BCUT2D eigenvalue weighted by molar-refractivity contribution is 0.198. The highest BCUT2D eigenvalue weighted by Crippen LogP contribution is 2.23. The smallest absolute Gasteiger partial charge is 0.318 e. The number of anilines is 1. The minimum absolute atomic E-state index is 0.247. The molecule has 1 unspecified atom stereocenters. The number of nitrogens with zero attached hydrogens (tertiary/aromatic N) is 3. The van der Waals surface area contributed by atoms with Crippen molar-refractivity contribution < 1.29 is 14.3 Å². The Kier molecular flexibility index (Phi) is 6.23. The van der Waals surface area contributed by atoms with Gasteiger partial charge in [-0.2, -0.15) is 0 Å². The first-order valence-corrected chi connectivity index (χ1v) is 7.21. The number of aromatic nitrogens is 2. The van der Waals surface area contributed by atoms with E-state index in [2.05, 4.69) is 20.4 Å². The Morgan fingerprint density at radius 1 is 1.50 bits per heavy atom. The zero-order valence-corrected chi connectivity index (χ0v) is 12.0. The van der Waals surface area contributed by atoms with Crippen molar-refractivity contribution >= 4 is 6.01 Å². The van der Waals surface area contributed by atoms with Crippen molar-refractivity contribution in [3.05, 3.63) is 5.89 Å². The van der Waals surface area contributed by atoms with Gasteiger partial charge in [0.2, 0.25) is 5.89 Å². The fourth-order valence-corrected chi connectivity index (χ4v) is 2.47. The topological polar surface area (TPSA) is 83.7 Å². The molecule has 0 aliphatic carbocycles. The molecular formula is C13H24N4O3. The van der Waals surface area contributed by atoms with Crippen molar-refractivity contribution in [3.8, 4) is 0 Å². The van der Waals surface area contributed by atoms with Gasteiger partial charge in [0, 0.05) is 33.4 Å². The van der Waals surface area contributed by atoms with Crippen molar-refractivity contribution in [1.29, 1.82) is 0 Å². The van der Waals surface area contributed by atoms with Gasteiger partial charge in [-0.1, -0.05) is 5.10 Å². The van der Waals surface area contributed by atoms with Crippen LogP contribution in [0.4, 0.5) is 6.01 Å². The first-order valence-electron chi connectivity index (χ1n) is 7.21. The zero-order valence-electron chi connectivity index (χ0n) is 12.0. The van der Waals surface area contributed by atoms with Crippen LogP contribution in [-0.4, -0.2) is 55.3 Å². The van der Waals surface area contributed by atoms with E-state index in [1.807, 2.05) is 0 Å². The molecule has 20 heavy (non-hydrogen) atoms. The van der Waals surface area contributed by atoms with Gasteiger partial charge in [-0.15, -0.1) is 5.10 Å². The Morgan fingerprint density at radius 2 is 2.40 bits per heavy atom. The summed E-state index contributed by atoms with van der Waals surface area (Å²) in [5, 5.41) is 20.4. The van der Waals surface area contributed by atoms with Gasteiger partial charge < -0.3 is 24.5 Å². The van der Waals surface area contributed by atoms with E-state index in [0.29, 0.717) is 31.0 Å². The predicted octanol–water partition coefficient (Wildman–Crippen LogP) is 0.404. The normalized spacial score (nSPS) is 19.5. The van der Waals surface area contributed by atoms with E-state index >= 15 is 0 Å². The minimum Gasteiger partial charge on any atom is -0.407 e. The summed E-state index contributed by atoms with van der Waals surface area (Å²) in [6, 6.07) is 0.594. The first kappa shape index (κ1) is 15.2. The molecule has 0 radical (unpaired) electrons. The standard InChI is InChI=1S/C13H24N4O3/c1-19-8-5-14-9-12-15-16-13(20-12)17-6-2-3-11(10-17)4-7-18/h11,14,18H,2-10H2,1H3. The largest absolute Gasteiger partial charge is 0.407 e. The lowest BCUT2D eigenvalue weighted by atomic mass is 9.95. The second kappa shape index (κ2) is 8.18. The third-order valence-corrected chi connectivity index (χ3v) is 3.54. The fourth-order valence-electron chi connectivity index (χ4n) is 2.47. The number of hydrogen-bond donors (Lipinski definition) is 2. The zero-order chi connectivity index (χ0) is 14.2. The molecule has 1 fully saturated rings. The number of aliphatic hydroxyl groups is 1. The van der Waals surface area contributed by atoms with Crippen LogP contribution in [0, 0.1) is 5.92 Å². The fraction of sp³-hybridized carbons (Fsp3) is 0.846. The van der Waals surface area contributed by atoms with Crippen LogP contribution in [0.15, 0.2) is 4.42 Å². The van der Waals surface area contributed by atoms with Crippen LogP contribution in [-0.2, 0) is 11.3 Å². The number of aliphatic hydroxyl groups excluding tert-OH is 1. The number of methoxy groups -OCH3 is 1. The molecule has 1 aliphatic heterocycles. The summed E-state index contributed by atoms with van der Waals surface area (Å²) in [6.07, 6.45) is 3.11. The van der Waals surface area contributed by atoms with Gasteiger partial charge in [-0.3, -0.25) is 0 Å². The molecule has 114 valence electrons. The predicted molar refractivity (Wildman–Crippen MR) is 74.5 cm³/mol. The highest BCUT2D eigenvalue weighted by Gasteiger charge is 2.23. The monoisotopic (exact) mass is 284 g/mol. The van der Waals surface area contributed by atoms with Crippen molar-refractivity contribution in [2.75, 3.05) is 44.9 Å². The molecule has 0 saturated carbocycles. The molecule has 0 bridgehead atoms. The number of hydrogen-bond acceptors (Lipinski definition) is 7. The molecule has 0 amide bonds. The minimum atomic E-state index is 0.247. The maximum Gasteiger partial charge on any atom is 0.318 e. The summed E-state index contributed by atoms with van der Waals surface area (Å²) in [5.74, 6) is 1.12. The molecule has 1 aliphatic rings. The van der Waals surface area contributed by atoms with Gasteiger partial charge >= 0.3 is 6.01 Å². The third-order valence-electron chi connectivity index (χ3n) is 3.54. The summed E-state index contributed by atoms with van der Waals surface area (Å²) in [6.45, 7) is 4.06. The van der Waals surface area contributed by atoms with Crippen molar-refractivity contribution in [2.24, 2.45) is 5.92 Å². The Balaban J connectivity index is 1.81. The molecule has 0 aromatic carbocycles. The van der Waals surface area contributed by atoms with Crippen molar-refractivity contribution in [1.82, 2.24) is 15.5 Å². The van der Waals surface area contributed by atoms with Crippen molar-refractivity contribution in [2.45, 2.75) is 25.8 Å². The van der Waals surface area contributed by atoms with E-state index < -0.39 is 0 Å². The summed E-state index contributed by atoms with van der Waals surface area (Å²) >= 11 is 0. The molecule has 7 nitrogen and oxygen atoms in total. The van der Waals surface area contributed by atoms with Crippen LogP contribution in [0.3, 0.4) is 0 Å². The summed E-state index contributed by atoms with van der Waals surface area (Å²) < 4.78 is 10.6. The molecule has 7 heteroatoms. The lowest BCUT2D eigenvalue weighted by Crippen LogP contribution is -2.36. The molecule has 1 aromatic rings. The summed E-state index contributed by atoms with van der Waals surface area (Å²) in [7, 11) is 1.67. The van der Waals surface area contributed by atoms with E-state index in [1.165, 1.54) is 0 Å². The Bertz CT molecular complexity index is 383. The number of rotatable bonds is 8. The van der Waals surface area contributed by atoms with Gasteiger partial charge in [0.1, 0.15) is 0 Å². The lowest BCUT2D eigenvalue weighted by Gasteiger charge is -2.30. The van der Waals surface area contributed by atoms with Crippen molar-refractivity contribution in [3.63, 3.8) is 0 Å². The van der Waals surface area contributed by atoms with E-state index in [0.717, 1.165) is 38.9 Å². The summed E-state index contributed by atoms with van der Waals surface area (Å²) in [5.41, 5.74) is 0. The summed E-state index contributed by atoms with van der Waals surface area (Å²) in [4.78, 5) is 2.12. The average Bonchev–Trinajstić information content (AvgIpc) is 2.93. The van der Waals surface area contributed by atoms with Gasteiger partial charge in [0.25, 0.3) is 0 Å². The average molecular weight is 284 g/mol. The number of nitrogens with one attached hydrogen (secondary N) is 1. The van der Waals surface area contributed by atoms with Crippen LogP contribution in [0.25, 0.3) is 0 Å². The Hall–Kier alpha value is -1.18. The molecule has 2 rings (SSSR count). The molecule has 1 aromatic heterocycles. The number of ether oxygens (including phenoxy) is 1. The quantitative estimate of drug-likeness (QED) is 0.669. The van der Waals surface area contributed by atoms with E-state index in [-0.39, 0.29) is 6.61 Å². The Morgan fingerprint density at radius 3 is 3.20 bits per heavy atom. The molecule has 1 atom stereocenters. The second-order valence-electron chi connectivity index (χ2n) is 5.11. The Labute approximate surface area is 119 Å². The van der Waals surface area contributed by atoms with E-state index in [1.54, 1.807) is 7.11 Å². The van der Waals surface area contributed by atoms with E-state index in [4.69, 9.17) is 14.3 Å².